The van der Waals surface area contributed by atoms with Crippen LogP contribution in [-0.2, 0) is 20.9 Å². The van der Waals surface area contributed by atoms with Gasteiger partial charge in [-0.2, -0.15) is 5.10 Å². The Labute approximate surface area is 172 Å². The van der Waals surface area contributed by atoms with Crippen LogP contribution < -0.4 is 5.32 Å². The molecule has 8 heteroatoms. The molecule has 3 aliphatic rings. The molecule has 2 aliphatic heterocycles. The molecule has 8 nitrogen and oxygen atoms in total. The first-order valence-electron chi connectivity index (χ1n) is 11.0. The predicted octanol–water partition coefficient (Wildman–Crippen LogP) is 0.739. The van der Waals surface area contributed by atoms with Gasteiger partial charge >= 0.3 is 0 Å². The Morgan fingerprint density at radius 2 is 1.97 bits per heavy atom. The Balaban J connectivity index is 1.15. The molecule has 1 aromatic rings. The lowest BCUT2D eigenvalue weighted by Crippen LogP contribution is -2.52. The minimum absolute atomic E-state index is 0.0180. The maximum absolute atomic E-state index is 12.3. The fourth-order valence-corrected chi connectivity index (χ4v) is 4.27. The van der Waals surface area contributed by atoms with Gasteiger partial charge in [-0.05, 0) is 56.7 Å². The zero-order chi connectivity index (χ0) is 20.1. The third-order valence-electron chi connectivity index (χ3n) is 6.27. The van der Waals surface area contributed by atoms with Gasteiger partial charge in [-0.1, -0.05) is 0 Å². The van der Waals surface area contributed by atoms with Crippen molar-refractivity contribution >= 4 is 11.8 Å². The summed E-state index contributed by atoms with van der Waals surface area (Å²) in [6, 6.07) is 1.84. The first kappa shape index (κ1) is 20.3. The number of carbonyl (C=O) groups is 2. The van der Waals surface area contributed by atoms with Crippen LogP contribution in [0.15, 0.2) is 18.5 Å². The number of aromatic nitrogens is 2. The number of aryl methyl sites for hydroxylation is 1. The summed E-state index contributed by atoms with van der Waals surface area (Å²) in [5.74, 6) is 1.59. The zero-order valence-electron chi connectivity index (χ0n) is 17.2. The monoisotopic (exact) mass is 403 g/mol. The fourth-order valence-electron chi connectivity index (χ4n) is 4.27. The molecule has 1 N–H and O–H groups in total. The minimum atomic E-state index is -0.128. The smallest absolute Gasteiger partial charge is 0.248 e. The summed E-state index contributed by atoms with van der Waals surface area (Å²) in [5.41, 5.74) is 0. The highest BCUT2D eigenvalue weighted by Gasteiger charge is 2.31. The number of nitrogens with one attached hydrogen (secondary N) is 1. The summed E-state index contributed by atoms with van der Waals surface area (Å²) < 4.78 is 7.39. The van der Waals surface area contributed by atoms with Crippen LogP contribution in [0.4, 0.5) is 0 Å². The van der Waals surface area contributed by atoms with Crippen LogP contribution in [-0.4, -0.2) is 83.4 Å². The van der Waals surface area contributed by atoms with Crippen LogP contribution in [0.1, 0.15) is 32.1 Å². The van der Waals surface area contributed by atoms with Gasteiger partial charge in [-0.3, -0.25) is 14.3 Å². The van der Waals surface area contributed by atoms with Crippen LogP contribution in [0.3, 0.4) is 0 Å². The lowest BCUT2D eigenvalue weighted by atomic mass is 9.95. The Morgan fingerprint density at radius 1 is 1.17 bits per heavy atom. The maximum atomic E-state index is 12.3. The van der Waals surface area contributed by atoms with E-state index in [9.17, 15) is 9.59 Å². The van der Waals surface area contributed by atoms with Gasteiger partial charge in [-0.25, -0.2) is 0 Å². The van der Waals surface area contributed by atoms with E-state index >= 15 is 0 Å². The van der Waals surface area contributed by atoms with Crippen LogP contribution in [0.5, 0.6) is 0 Å². The van der Waals surface area contributed by atoms with E-state index in [2.05, 4.69) is 15.3 Å². The number of morpholine rings is 1. The highest BCUT2D eigenvalue weighted by Crippen LogP contribution is 2.31. The lowest BCUT2D eigenvalue weighted by Gasteiger charge is -2.38. The summed E-state index contributed by atoms with van der Waals surface area (Å²) in [4.78, 5) is 28.9. The van der Waals surface area contributed by atoms with Crippen molar-refractivity contribution in [3.8, 4) is 0 Å². The van der Waals surface area contributed by atoms with Crippen molar-refractivity contribution in [1.29, 1.82) is 0 Å². The number of amides is 2. The van der Waals surface area contributed by atoms with Gasteiger partial charge in [0, 0.05) is 51.5 Å². The van der Waals surface area contributed by atoms with Crippen molar-refractivity contribution in [2.24, 2.45) is 11.8 Å². The molecule has 29 heavy (non-hydrogen) atoms. The molecule has 0 spiro atoms. The molecule has 2 saturated heterocycles. The Morgan fingerprint density at radius 3 is 2.69 bits per heavy atom. The van der Waals surface area contributed by atoms with Gasteiger partial charge < -0.3 is 19.9 Å². The predicted molar refractivity (Wildman–Crippen MR) is 108 cm³/mol. The molecule has 0 aromatic carbocycles. The van der Waals surface area contributed by atoms with E-state index in [1.165, 1.54) is 32.2 Å². The summed E-state index contributed by atoms with van der Waals surface area (Å²) in [7, 11) is 0. The Kier molecular flexibility index (Phi) is 6.82. The molecule has 3 fully saturated rings. The largest absolute Gasteiger partial charge is 0.365 e. The van der Waals surface area contributed by atoms with Crippen molar-refractivity contribution < 1.29 is 14.3 Å². The van der Waals surface area contributed by atoms with E-state index in [1.807, 2.05) is 17.2 Å². The third kappa shape index (κ3) is 6.27. The first-order chi connectivity index (χ1) is 14.2. The summed E-state index contributed by atoms with van der Waals surface area (Å²) >= 11 is 0. The second-order valence-electron chi connectivity index (χ2n) is 8.74. The second kappa shape index (κ2) is 9.71. The molecule has 1 aliphatic carbocycles. The summed E-state index contributed by atoms with van der Waals surface area (Å²) in [6.07, 6.45) is 8.96. The molecule has 1 aromatic heterocycles. The van der Waals surface area contributed by atoms with E-state index < -0.39 is 0 Å². The molecule has 1 unspecified atom stereocenters. The number of hydrogen-bond donors (Lipinski definition) is 1. The van der Waals surface area contributed by atoms with Gasteiger partial charge in [0.2, 0.25) is 11.8 Å². The fraction of sp³-hybridized carbons (Fsp3) is 0.762. The molecule has 160 valence electrons. The summed E-state index contributed by atoms with van der Waals surface area (Å²) in [5, 5.41) is 7.03. The molecular formula is C21H33N5O3. The van der Waals surface area contributed by atoms with Crippen molar-refractivity contribution in [3.63, 3.8) is 0 Å². The van der Waals surface area contributed by atoms with Crippen molar-refractivity contribution in [3.05, 3.63) is 18.5 Å². The number of carbonyl (C=O) groups excluding carboxylic acids is 2. The molecule has 0 radical (unpaired) electrons. The third-order valence-corrected chi connectivity index (χ3v) is 6.27. The van der Waals surface area contributed by atoms with E-state index in [-0.39, 0.29) is 24.5 Å². The van der Waals surface area contributed by atoms with Gasteiger partial charge in [-0.15, -0.1) is 0 Å². The number of hydrogen-bond acceptors (Lipinski definition) is 5. The SMILES string of the molecule is O=C(CCn1cccn1)NCC1CN(CC2CCN(CC3CC3)CC2)C(=O)CO1. The van der Waals surface area contributed by atoms with E-state index in [1.54, 1.807) is 10.9 Å². The van der Waals surface area contributed by atoms with Crippen molar-refractivity contribution in [2.45, 2.75) is 44.8 Å². The van der Waals surface area contributed by atoms with Gasteiger partial charge in [0.05, 0.1) is 6.10 Å². The molecular weight excluding hydrogens is 370 g/mol. The lowest BCUT2D eigenvalue weighted by molar-refractivity contribution is -0.150. The highest BCUT2D eigenvalue weighted by atomic mass is 16.5. The van der Waals surface area contributed by atoms with Crippen LogP contribution in [0, 0.1) is 11.8 Å². The van der Waals surface area contributed by atoms with Crippen LogP contribution >= 0.6 is 0 Å². The van der Waals surface area contributed by atoms with Gasteiger partial charge in [0.25, 0.3) is 0 Å². The van der Waals surface area contributed by atoms with Crippen molar-refractivity contribution in [1.82, 2.24) is 24.9 Å². The average Bonchev–Trinajstić information content (AvgIpc) is 3.38. The number of nitrogens with zero attached hydrogens (tertiary/aromatic N) is 4. The van der Waals surface area contributed by atoms with Gasteiger partial charge in [0.15, 0.2) is 0 Å². The minimum Gasteiger partial charge on any atom is -0.365 e. The number of ether oxygens (including phenoxy) is 1. The van der Waals surface area contributed by atoms with Crippen LogP contribution in [0.25, 0.3) is 0 Å². The molecule has 2 amide bonds. The number of piperidine rings is 1. The Bertz CT molecular complexity index is 668. The Hall–Kier alpha value is -1.93. The average molecular weight is 404 g/mol. The van der Waals surface area contributed by atoms with Crippen LogP contribution in [0.2, 0.25) is 0 Å². The van der Waals surface area contributed by atoms with E-state index in [0.29, 0.717) is 32.0 Å². The van der Waals surface area contributed by atoms with E-state index in [4.69, 9.17) is 4.74 Å². The first-order valence-corrected chi connectivity index (χ1v) is 11.0. The normalized spacial score (nSPS) is 24.1. The molecule has 1 saturated carbocycles. The highest BCUT2D eigenvalue weighted by molar-refractivity contribution is 5.78. The van der Waals surface area contributed by atoms with Crippen molar-refractivity contribution in [2.75, 3.05) is 45.9 Å². The molecule has 1 atom stereocenters. The quantitative estimate of drug-likeness (QED) is 0.658. The molecule has 0 bridgehead atoms. The maximum Gasteiger partial charge on any atom is 0.248 e. The standard InChI is InChI=1S/C21H33N5O3/c27-20(6-11-26-8-1-7-23-26)22-12-19-15-25(21(28)16-29-19)14-18-4-9-24(10-5-18)13-17-2-3-17/h1,7-8,17-19H,2-6,9-16H2,(H,22,27). The topological polar surface area (TPSA) is 79.7 Å². The second-order valence-corrected chi connectivity index (χ2v) is 8.74. The summed E-state index contributed by atoms with van der Waals surface area (Å²) in [6.45, 7) is 6.12. The van der Waals surface area contributed by atoms with E-state index in [0.717, 1.165) is 25.6 Å². The molecule has 3 heterocycles. The number of likely N-dealkylation sites (tertiary alicyclic amines) is 1. The number of rotatable bonds is 9. The zero-order valence-corrected chi connectivity index (χ0v) is 17.2. The van der Waals surface area contributed by atoms with Gasteiger partial charge in [0.1, 0.15) is 6.61 Å². The molecule has 4 rings (SSSR count).